The van der Waals surface area contributed by atoms with Crippen molar-refractivity contribution in [2.75, 3.05) is 7.11 Å². The molecule has 104 valence electrons. The van der Waals surface area contributed by atoms with E-state index in [0.29, 0.717) is 12.4 Å². The fourth-order valence-electron chi connectivity index (χ4n) is 2.30. The molecule has 0 spiro atoms. The van der Waals surface area contributed by atoms with Crippen LogP contribution in [0.2, 0.25) is 0 Å². The molecular formula is C14H15ClN4O. The van der Waals surface area contributed by atoms with E-state index in [2.05, 4.69) is 14.5 Å². The van der Waals surface area contributed by atoms with E-state index in [1.54, 1.807) is 13.3 Å². The van der Waals surface area contributed by atoms with Crippen molar-refractivity contribution >= 4 is 22.6 Å². The first kappa shape index (κ1) is 13.0. The summed E-state index contributed by atoms with van der Waals surface area (Å²) in [6.07, 6.45) is 3.71. The Morgan fingerprint density at radius 2 is 2.15 bits per heavy atom. The normalized spacial score (nSPS) is 11.2. The van der Waals surface area contributed by atoms with Crippen molar-refractivity contribution in [2.45, 2.75) is 12.4 Å². The minimum Gasteiger partial charge on any atom is -0.494 e. The molecule has 0 saturated carbocycles. The van der Waals surface area contributed by atoms with Crippen molar-refractivity contribution in [3.05, 3.63) is 42.2 Å². The third kappa shape index (κ3) is 2.04. The molecule has 0 N–H and O–H groups in total. The number of hydrogen-bond acceptors (Lipinski definition) is 3. The molecule has 0 aliphatic carbocycles. The maximum atomic E-state index is 6.03. The molecule has 6 heteroatoms. The van der Waals surface area contributed by atoms with E-state index >= 15 is 0 Å². The van der Waals surface area contributed by atoms with Crippen molar-refractivity contribution in [2.24, 2.45) is 7.05 Å². The van der Waals surface area contributed by atoms with Gasteiger partial charge in [-0.05, 0) is 12.1 Å². The lowest BCUT2D eigenvalue weighted by atomic mass is 10.3. The molecule has 3 rings (SSSR count). The van der Waals surface area contributed by atoms with Gasteiger partial charge in [-0.2, -0.15) is 0 Å². The number of fused-ring (bicyclic) bond motifs is 1. The Labute approximate surface area is 121 Å². The Balaban J connectivity index is 2.16. The Bertz CT molecular complexity index is 747. The van der Waals surface area contributed by atoms with Crippen molar-refractivity contribution in [3.8, 4) is 5.75 Å². The van der Waals surface area contributed by atoms with Crippen LogP contribution in [0, 0.1) is 0 Å². The van der Waals surface area contributed by atoms with Crippen molar-refractivity contribution in [1.82, 2.24) is 19.1 Å². The topological polar surface area (TPSA) is 44.9 Å². The molecule has 3 aromatic rings. The summed E-state index contributed by atoms with van der Waals surface area (Å²) in [5.74, 6) is 2.88. The van der Waals surface area contributed by atoms with E-state index in [1.165, 1.54) is 0 Å². The molecule has 0 bridgehead atoms. The molecule has 2 aromatic heterocycles. The summed E-state index contributed by atoms with van der Waals surface area (Å²) in [6.45, 7) is 0.634. The summed E-state index contributed by atoms with van der Waals surface area (Å²) in [5.41, 5.74) is 1.84. The third-order valence-corrected chi connectivity index (χ3v) is 3.62. The van der Waals surface area contributed by atoms with Gasteiger partial charge < -0.3 is 13.9 Å². The predicted molar refractivity (Wildman–Crippen MR) is 78.2 cm³/mol. The first-order valence-corrected chi connectivity index (χ1v) is 6.82. The highest BCUT2D eigenvalue weighted by Gasteiger charge is 2.14. The highest BCUT2D eigenvalue weighted by atomic mass is 35.5. The molecule has 2 heterocycles. The average Bonchev–Trinajstić information content (AvgIpc) is 3.03. The summed E-state index contributed by atoms with van der Waals surface area (Å²) >= 11 is 6.03. The first-order chi connectivity index (χ1) is 9.74. The van der Waals surface area contributed by atoms with E-state index in [4.69, 9.17) is 16.3 Å². The van der Waals surface area contributed by atoms with Gasteiger partial charge in [-0.3, -0.25) is 0 Å². The van der Waals surface area contributed by atoms with Gasteiger partial charge in [0.1, 0.15) is 22.9 Å². The number of ether oxygens (including phenoxy) is 1. The zero-order chi connectivity index (χ0) is 14.1. The highest BCUT2D eigenvalue weighted by molar-refractivity contribution is 6.16. The maximum Gasteiger partial charge on any atom is 0.146 e. The molecule has 0 fully saturated rings. The van der Waals surface area contributed by atoms with Crippen molar-refractivity contribution < 1.29 is 4.74 Å². The molecule has 0 aliphatic rings. The zero-order valence-corrected chi connectivity index (χ0v) is 12.1. The Morgan fingerprint density at radius 1 is 1.30 bits per heavy atom. The van der Waals surface area contributed by atoms with E-state index in [-0.39, 0.29) is 0 Å². The van der Waals surface area contributed by atoms with Crippen LogP contribution in [0.3, 0.4) is 0 Å². The first-order valence-electron chi connectivity index (χ1n) is 6.29. The van der Waals surface area contributed by atoms with Crippen LogP contribution >= 0.6 is 11.6 Å². The van der Waals surface area contributed by atoms with E-state index in [1.807, 2.05) is 36.0 Å². The monoisotopic (exact) mass is 290 g/mol. The number of imidazole rings is 2. The number of rotatable bonds is 4. The van der Waals surface area contributed by atoms with Crippen LogP contribution in [-0.4, -0.2) is 26.2 Å². The number of hydrogen-bond donors (Lipinski definition) is 0. The SMILES string of the molecule is COc1cccc2c1nc(CCl)n2Cc1nccn1C. The Kier molecular flexibility index (Phi) is 3.36. The van der Waals surface area contributed by atoms with Crippen LogP contribution in [0.1, 0.15) is 11.6 Å². The molecule has 0 saturated heterocycles. The number of para-hydroxylation sites is 1. The number of alkyl halides is 1. The van der Waals surface area contributed by atoms with Gasteiger partial charge in [-0.1, -0.05) is 6.07 Å². The molecule has 0 unspecified atom stereocenters. The van der Waals surface area contributed by atoms with Crippen molar-refractivity contribution in [3.63, 3.8) is 0 Å². The van der Waals surface area contributed by atoms with Crippen LogP contribution in [0.15, 0.2) is 30.6 Å². The zero-order valence-electron chi connectivity index (χ0n) is 11.4. The third-order valence-electron chi connectivity index (χ3n) is 3.38. The fraction of sp³-hybridized carbons (Fsp3) is 0.286. The molecule has 0 radical (unpaired) electrons. The molecular weight excluding hydrogens is 276 g/mol. The smallest absolute Gasteiger partial charge is 0.146 e. The highest BCUT2D eigenvalue weighted by Crippen LogP contribution is 2.26. The molecule has 1 aromatic carbocycles. The molecule has 20 heavy (non-hydrogen) atoms. The standard InChI is InChI=1S/C14H15ClN4O/c1-18-7-6-16-13(18)9-19-10-4-3-5-11(20-2)14(10)17-12(19)8-15/h3-7H,8-9H2,1-2H3. The lowest BCUT2D eigenvalue weighted by Crippen LogP contribution is -2.08. The summed E-state index contributed by atoms with van der Waals surface area (Å²) in [7, 11) is 3.62. The molecule has 0 amide bonds. The lowest BCUT2D eigenvalue weighted by molar-refractivity contribution is 0.419. The predicted octanol–water partition coefficient (Wildman–Crippen LogP) is 2.57. The Morgan fingerprint density at radius 3 is 2.80 bits per heavy atom. The van der Waals surface area contributed by atoms with Gasteiger partial charge in [0.15, 0.2) is 0 Å². The second kappa shape index (κ2) is 5.17. The number of aryl methyl sites for hydroxylation is 1. The number of halogens is 1. The van der Waals surface area contributed by atoms with Crippen LogP contribution < -0.4 is 4.74 Å². The molecule has 0 atom stereocenters. The van der Waals surface area contributed by atoms with E-state index in [9.17, 15) is 0 Å². The fourth-order valence-corrected chi connectivity index (χ4v) is 2.51. The second-order valence-corrected chi connectivity index (χ2v) is 4.80. The largest absolute Gasteiger partial charge is 0.494 e. The maximum absolute atomic E-state index is 6.03. The van der Waals surface area contributed by atoms with Gasteiger partial charge in [0.25, 0.3) is 0 Å². The molecule has 5 nitrogen and oxygen atoms in total. The van der Waals surface area contributed by atoms with Crippen LogP contribution in [0.25, 0.3) is 11.0 Å². The van der Waals surface area contributed by atoms with Crippen LogP contribution in [-0.2, 0) is 19.5 Å². The summed E-state index contributed by atoms with van der Waals surface area (Å²) in [6, 6.07) is 5.87. The minimum atomic E-state index is 0.349. The van der Waals surface area contributed by atoms with Gasteiger partial charge in [0, 0.05) is 19.4 Å². The van der Waals surface area contributed by atoms with Gasteiger partial charge in [-0.25, -0.2) is 9.97 Å². The van der Waals surface area contributed by atoms with Gasteiger partial charge in [0.2, 0.25) is 0 Å². The van der Waals surface area contributed by atoms with Gasteiger partial charge >= 0.3 is 0 Å². The minimum absolute atomic E-state index is 0.349. The average molecular weight is 291 g/mol. The number of methoxy groups -OCH3 is 1. The number of benzene rings is 1. The van der Waals surface area contributed by atoms with Crippen LogP contribution in [0.5, 0.6) is 5.75 Å². The summed E-state index contributed by atoms with van der Waals surface area (Å²) in [4.78, 5) is 8.94. The molecule has 0 aliphatic heterocycles. The number of aromatic nitrogens is 4. The van der Waals surface area contributed by atoms with Crippen LogP contribution in [0.4, 0.5) is 0 Å². The second-order valence-electron chi connectivity index (χ2n) is 4.53. The van der Waals surface area contributed by atoms with E-state index < -0.39 is 0 Å². The summed E-state index contributed by atoms with van der Waals surface area (Å²) in [5, 5.41) is 0. The number of nitrogens with zero attached hydrogens (tertiary/aromatic N) is 4. The van der Waals surface area contributed by atoms with Gasteiger partial charge in [-0.15, -0.1) is 11.6 Å². The van der Waals surface area contributed by atoms with Gasteiger partial charge in [0.05, 0.1) is 25.1 Å². The van der Waals surface area contributed by atoms with E-state index in [0.717, 1.165) is 28.4 Å². The lowest BCUT2D eigenvalue weighted by Gasteiger charge is -2.08. The quantitative estimate of drug-likeness (QED) is 0.694. The summed E-state index contributed by atoms with van der Waals surface area (Å²) < 4.78 is 9.43. The van der Waals surface area contributed by atoms with Crippen molar-refractivity contribution in [1.29, 1.82) is 0 Å². The Hall–Kier alpha value is -2.01.